The third-order valence-electron chi connectivity index (χ3n) is 5.81. The fraction of sp³-hybridized carbons (Fsp3) is 0.400. The minimum absolute atomic E-state index is 0.0268. The summed E-state index contributed by atoms with van der Waals surface area (Å²) in [6, 6.07) is 22.3. The normalized spacial score (nSPS) is 14.6. The van der Waals surface area contributed by atoms with E-state index in [2.05, 4.69) is 109 Å². The molecule has 0 fully saturated rings. The standard InChI is InChI=1S/C25H33N2/c1-4-6-17-26-18-19-27(21-26)24(5-2)25(3,23-15-11-8-12-16-23)20-22-13-9-7-10-14-22/h7-16,18-19,21,24H,4-6,17,20H2,1-3H3/q+1. The first kappa shape index (κ1) is 19.4. The van der Waals surface area contributed by atoms with Crippen LogP contribution in [0.1, 0.15) is 57.2 Å². The van der Waals surface area contributed by atoms with Gasteiger partial charge in [-0.3, -0.25) is 0 Å². The van der Waals surface area contributed by atoms with Gasteiger partial charge in [0.2, 0.25) is 6.33 Å². The molecular formula is C25H33N2+. The maximum atomic E-state index is 2.44. The lowest BCUT2D eigenvalue weighted by molar-refractivity contribution is -0.697. The molecule has 0 bridgehead atoms. The number of unbranched alkanes of at least 4 members (excludes halogenated alkanes) is 1. The summed E-state index contributed by atoms with van der Waals surface area (Å²) >= 11 is 0. The van der Waals surface area contributed by atoms with Crippen LogP contribution in [0.5, 0.6) is 0 Å². The first-order valence-electron chi connectivity index (χ1n) is 10.3. The van der Waals surface area contributed by atoms with Crippen LogP contribution in [0.4, 0.5) is 0 Å². The van der Waals surface area contributed by atoms with Gasteiger partial charge in [-0.15, -0.1) is 0 Å². The van der Waals surface area contributed by atoms with Crippen LogP contribution >= 0.6 is 0 Å². The molecule has 3 rings (SSSR count). The largest absolute Gasteiger partial charge is 0.244 e. The Morgan fingerprint density at radius 3 is 2.26 bits per heavy atom. The molecule has 1 aromatic heterocycles. The molecule has 0 amide bonds. The van der Waals surface area contributed by atoms with Crippen molar-refractivity contribution in [2.24, 2.45) is 0 Å². The molecule has 3 aromatic rings. The summed E-state index contributed by atoms with van der Waals surface area (Å²) in [5.74, 6) is 0. The minimum atomic E-state index is 0.0268. The van der Waals surface area contributed by atoms with E-state index in [0.717, 1.165) is 19.4 Å². The van der Waals surface area contributed by atoms with E-state index in [-0.39, 0.29) is 5.41 Å². The van der Waals surface area contributed by atoms with Crippen molar-refractivity contribution in [1.82, 2.24) is 4.57 Å². The monoisotopic (exact) mass is 361 g/mol. The maximum Gasteiger partial charge on any atom is 0.244 e. The van der Waals surface area contributed by atoms with Crippen molar-refractivity contribution in [2.45, 2.75) is 64.5 Å². The number of benzene rings is 2. The molecule has 2 unspecified atom stereocenters. The summed E-state index contributed by atoms with van der Waals surface area (Å²) in [6.07, 6.45) is 11.4. The molecule has 142 valence electrons. The lowest BCUT2D eigenvalue weighted by Crippen LogP contribution is -2.37. The summed E-state index contributed by atoms with van der Waals surface area (Å²) in [5, 5.41) is 0. The van der Waals surface area contributed by atoms with Gasteiger partial charge in [0, 0.05) is 5.41 Å². The predicted octanol–water partition coefficient (Wildman–Crippen LogP) is 5.73. The van der Waals surface area contributed by atoms with Crippen LogP contribution in [0.2, 0.25) is 0 Å². The van der Waals surface area contributed by atoms with Gasteiger partial charge in [-0.05, 0) is 30.4 Å². The van der Waals surface area contributed by atoms with Crippen LogP contribution in [0, 0.1) is 0 Å². The highest BCUT2D eigenvalue weighted by Gasteiger charge is 2.39. The highest BCUT2D eigenvalue weighted by atomic mass is 15.1. The molecule has 0 aliphatic carbocycles. The number of rotatable bonds is 9. The van der Waals surface area contributed by atoms with Crippen molar-refractivity contribution in [3.05, 3.63) is 90.5 Å². The Hall–Kier alpha value is -2.35. The van der Waals surface area contributed by atoms with E-state index in [9.17, 15) is 0 Å². The highest BCUT2D eigenvalue weighted by Crippen LogP contribution is 2.40. The summed E-state index contributed by atoms with van der Waals surface area (Å²) in [4.78, 5) is 0. The van der Waals surface area contributed by atoms with Gasteiger partial charge in [0.1, 0.15) is 18.4 Å². The topological polar surface area (TPSA) is 8.81 Å². The van der Waals surface area contributed by atoms with E-state index >= 15 is 0 Å². The van der Waals surface area contributed by atoms with Gasteiger partial charge >= 0.3 is 0 Å². The van der Waals surface area contributed by atoms with Crippen LogP contribution in [0.15, 0.2) is 79.4 Å². The van der Waals surface area contributed by atoms with Crippen molar-refractivity contribution in [3.63, 3.8) is 0 Å². The number of aromatic nitrogens is 2. The molecule has 2 atom stereocenters. The van der Waals surface area contributed by atoms with Crippen LogP contribution in [-0.4, -0.2) is 4.57 Å². The summed E-state index contributed by atoms with van der Waals surface area (Å²) in [7, 11) is 0. The van der Waals surface area contributed by atoms with Crippen LogP contribution in [0.25, 0.3) is 0 Å². The smallest absolute Gasteiger partial charge is 0.237 e. The Morgan fingerprint density at radius 1 is 0.963 bits per heavy atom. The molecular weight excluding hydrogens is 328 g/mol. The molecule has 2 nitrogen and oxygen atoms in total. The van der Waals surface area contributed by atoms with Gasteiger partial charge in [-0.2, -0.15) is 0 Å². The molecule has 0 radical (unpaired) electrons. The Morgan fingerprint density at radius 2 is 1.63 bits per heavy atom. The van der Waals surface area contributed by atoms with Gasteiger partial charge in [-0.1, -0.05) is 87.9 Å². The zero-order valence-electron chi connectivity index (χ0n) is 17.0. The van der Waals surface area contributed by atoms with Gasteiger partial charge in [-0.25, -0.2) is 9.13 Å². The van der Waals surface area contributed by atoms with Gasteiger partial charge < -0.3 is 0 Å². The maximum absolute atomic E-state index is 2.44. The molecule has 2 heteroatoms. The summed E-state index contributed by atoms with van der Waals surface area (Å²) in [5.41, 5.74) is 2.83. The molecule has 0 N–H and O–H groups in total. The molecule has 0 aliphatic heterocycles. The lowest BCUT2D eigenvalue weighted by atomic mass is 9.70. The predicted molar refractivity (Wildman–Crippen MR) is 113 cm³/mol. The van der Waals surface area contributed by atoms with E-state index in [0.29, 0.717) is 6.04 Å². The van der Waals surface area contributed by atoms with E-state index in [1.54, 1.807) is 0 Å². The Kier molecular flexibility index (Phi) is 6.49. The number of hydrogen-bond donors (Lipinski definition) is 0. The first-order valence-corrected chi connectivity index (χ1v) is 10.3. The van der Waals surface area contributed by atoms with E-state index in [4.69, 9.17) is 0 Å². The second kappa shape index (κ2) is 9.03. The molecule has 0 spiro atoms. The Balaban J connectivity index is 1.98. The lowest BCUT2D eigenvalue weighted by Gasteiger charge is -2.36. The molecule has 0 aliphatic rings. The molecule has 1 heterocycles. The first-order chi connectivity index (χ1) is 13.2. The van der Waals surface area contributed by atoms with Crippen LogP contribution < -0.4 is 4.57 Å². The molecule has 27 heavy (non-hydrogen) atoms. The van der Waals surface area contributed by atoms with Crippen molar-refractivity contribution < 1.29 is 4.57 Å². The molecule has 0 saturated carbocycles. The fourth-order valence-corrected chi connectivity index (χ4v) is 4.31. The second-order valence-electron chi connectivity index (χ2n) is 7.82. The zero-order valence-corrected chi connectivity index (χ0v) is 17.0. The van der Waals surface area contributed by atoms with Crippen LogP contribution in [-0.2, 0) is 18.4 Å². The van der Waals surface area contributed by atoms with Gasteiger partial charge in [0.05, 0.1) is 6.54 Å². The summed E-state index contributed by atoms with van der Waals surface area (Å²) in [6.45, 7) is 8.09. The van der Waals surface area contributed by atoms with Crippen molar-refractivity contribution in [1.29, 1.82) is 0 Å². The average molecular weight is 362 g/mol. The average Bonchev–Trinajstić information content (AvgIpc) is 3.17. The van der Waals surface area contributed by atoms with Crippen molar-refractivity contribution >= 4 is 0 Å². The van der Waals surface area contributed by atoms with E-state index in [1.807, 2.05) is 0 Å². The van der Waals surface area contributed by atoms with Crippen molar-refractivity contribution in [3.8, 4) is 0 Å². The van der Waals surface area contributed by atoms with Crippen molar-refractivity contribution in [2.75, 3.05) is 0 Å². The van der Waals surface area contributed by atoms with Gasteiger partial charge in [0.15, 0.2) is 0 Å². The third kappa shape index (κ3) is 4.50. The van der Waals surface area contributed by atoms with E-state index < -0.39 is 0 Å². The third-order valence-corrected chi connectivity index (χ3v) is 5.81. The van der Waals surface area contributed by atoms with Gasteiger partial charge in [0.25, 0.3) is 0 Å². The molecule has 0 saturated heterocycles. The second-order valence-corrected chi connectivity index (χ2v) is 7.82. The number of hydrogen-bond acceptors (Lipinski definition) is 0. The fourth-order valence-electron chi connectivity index (χ4n) is 4.31. The number of imidazole rings is 1. The summed E-state index contributed by atoms with van der Waals surface area (Å²) < 4.78 is 4.77. The number of aryl methyl sites for hydroxylation is 1. The Bertz CT molecular complexity index is 807. The van der Waals surface area contributed by atoms with Crippen LogP contribution in [0.3, 0.4) is 0 Å². The van der Waals surface area contributed by atoms with E-state index in [1.165, 1.54) is 24.0 Å². The quantitative estimate of drug-likeness (QED) is 0.431. The minimum Gasteiger partial charge on any atom is -0.237 e. The highest BCUT2D eigenvalue weighted by molar-refractivity contribution is 5.30. The zero-order chi connectivity index (χ0) is 19.1. The SMILES string of the molecule is CCCC[n+]1ccn(C(CC)C(C)(Cc2ccccc2)c2ccccc2)c1. The Labute approximate surface area is 164 Å². The number of nitrogens with zero attached hydrogens (tertiary/aromatic N) is 2. The molecule has 2 aromatic carbocycles.